The molecule has 0 aromatic heterocycles. The highest BCUT2D eigenvalue weighted by molar-refractivity contribution is 7.91. The molecule has 14 heavy (non-hydrogen) atoms. The van der Waals surface area contributed by atoms with Gasteiger partial charge in [-0.25, -0.2) is 0 Å². The van der Waals surface area contributed by atoms with Crippen molar-refractivity contribution in [3.8, 4) is 0 Å². The van der Waals surface area contributed by atoms with E-state index in [-0.39, 0.29) is 11.9 Å². The van der Waals surface area contributed by atoms with Crippen LogP contribution in [0.3, 0.4) is 0 Å². The Labute approximate surface area is 87.2 Å². The molecule has 0 aliphatic heterocycles. The third-order valence-electron chi connectivity index (χ3n) is 1.35. The van der Waals surface area contributed by atoms with E-state index in [4.69, 9.17) is 9.26 Å². The maximum atomic E-state index is 11.0. The molecule has 1 atom stereocenters. The molecule has 0 aliphatic carbocycles. The molecular weight excluding hydrogens is 222 g/mol. The lowest BCUT2D eigenvalue weighted by Crippen LogP contribution is -2.13. The first kappa shape index (κ1) is 14.1. The van der Waals surface area contributed by atoms with Gasteiger partial charge in [0.25, 0.3) is 0 Å². The molecule has 6 heteroatoms. The Kier molecular flexibility index (Phi) is 6.63. The molecule has 0 bridgehead atoms. The number of ether oxygens (including phenoxy) is 1. The topological polar surface area (TPSA) is 55.8 Å². The lowest BCUT2D eigenvalue weighted by molar-refractivity contribution is -0.147. The summed E-state index contributed by atoms with van der Waals surface area (Å²) in [5.74, 6) is -0.299. The summed E-state index contributed by atoms with van der Waals surface area (Å²) in [7, 11) is 0.736. The van der Waals surface area contributed by atoms with Crippen LogP contribution in [0, 0.1) is 5.92 Å². The number of hydrogen-bond donors (Lipinski definition) is 1. The maximum Gasteiger partial charge on any atom is 0.308 e. The highest BCUT2D eigenvalue weighted by atomic mass is 31.8. The zero-order chi connectivity index (χ0) is 11.2. The van der Waals surface area contributed by atoms with Crippen LogP contribution in [-0.4, -0.2) is 30.7 Å². The highest BCUT2D eigenvalue weighted by Crippen LogP contribution is 2.43. The second-order valence-electron chi connectivity index (χ2n) is 3.39. The van der Waals surface area contributed by atoms with Crippen molar-refractivity contribution >= 4 is 21.5 Å². The molecule has 1 N–H and O–H groups in total. The summed E-state index contributed by atoms with van der Waals surface area (Å²) >= 11 is 0. The molecule has 0 rings (SSSR count). The van der Waals surface area contributed by atoms with Crippen LogP contribution >= 0.6 is 15.5 Å². The van der Waals surface area contributed by atoms with Crippen LogP contribution in [0.2, 0.25) is 0 Å². The van der Waals surface area contributed by atoms with Gasteiger partial charge in [0.15, 0.2) is 0 Å². The number of carbonyl (C=O) groups is 1. The van der Waals surface area contributed by atoms with Crippen LogP contribution < -0.4 is 0 Å². The average Bonchev–Trinajstić information content (AvgIpc) is 2.01. The Morgan fingerprint density at radius 1 is 1.50 bits per heavy atom. The standard InChI is InChI=1S/C8H18O4P2/c1-7(2)8(9)11-5-4-6-12-14(3,10)13/h7,10,13H,4-6H2,1-3H3. The van der Waals surface area contributed by atoms with Crippen molar-refractivity contribution in [2.75, 3.05) is 19.9 Å². The summed E-state index contributed by atoms with van der Waals surface area (Å²) in [5, 5.41) is 0. The summed E-state index contributed by atoms with van der Waals surface area (Å²) < 4.78 is 9.97. The Hall–Kier alpha value is 0.120. The summed E-state index contributed by atoms with van der Waals surface area (Å²) in [4.78, 5) is 20.2. The number of rotatable bonds is 6. The smallest absolute Gasteiger partial charge is 0.308 e. The molecular formula is C8H18O4P2. The molecule has 0 spiro atoms. The molecule has 0 saturated heterocycles. The Morgan fingerprint density at radius 3 is 2.50 bits per heavy atom. The van der Waals surface area contributed by atoms with E-state index in [1.807, 2.05) is 0 Å². The van der Waals surface area contributed by atoms with Crippen LogP contribution in [0.15, 0.2) is 0 Å². The zero-order valence-electron chi connectivity index (χ0n) is 8.82. The van der Waals surface area contributed by atoms with Crippen molar-refractivity contribution < 1.29 is 18.9 Å². The normalized spacial score (nSPS) is 15.2. The van der Waals surface area contributed by atoms with E-state index in [9.17, 15) is 9.69 Å². The lowest BCUT2D eigenvalue weighted by atomic mass is 10.2. The van der Waals surface area contributed by atoms with Gasteiger partial charge in [-0.1, -0.05) is 22.4 Å². The minimum atomic E-state index is -2.33. The molecule has 0 aromatic carbocycles. The van der Waals surface area contributed by atoms with Gasteiger partial charge in [-0.3, -0.25) is 4.79 Å². The quantitative estimate of drug-likeness (QED) is 0.439. The monoisotopic (exact) mass is 240 g/mol. The predicted octanol–water partition coefficient (Wildman–Crippen LogP) is 2.12. The number of esters is 1. The summed E-state index contributed by atoms with van der Waals surface area (Å²) in [6.07, 6.45) is 0.596. The van der Waals surface area contributed by atoms with Crippen LogP contribution in [0.5, 0.6) is 0 Å². The van der Waals surface area contributed by atoms with Crippen LogP contribution in [0.25, 0.3) is 0 Å². The Morgan fingerprint density at radius 2 is 2.07 bits per heavy atom. The molecule has 0 aromatic rings. The van der Waals surface area contributed by atoms with E-state index < -0.39 is 7.00 Å². The summed E-state index contributed by atoms with van der Waals surface area (Å²) in [6, 6.07) is 0. The second-order valence-corrected chi connectivity index (χ2v) is 7.89. The fourth-order valence-electron chi connectivity index (χ4n) is 0.641. The van der Waals surface area contributed by atoms with Crippen molar-refractivity contribution in [2.24, 2.45) is 5.92 Å². The van der Waals surface area contributed by atoms with Gasteiger partial charge in [-0.05, 0) is 0 Å². The van der Waals surface area contributed by atoms with Crippen molar-refractivity contribution in [3.63, 3.8) is 0 Å². The molecule has 0 radical (unpaired) electrons. The number of hydrogen-bond acceptors (Lipinski definition) is 3. The van der Waals surface area contributed by atoms with Crippen molar-refractivity contribution in [3.05, 3.63) is 0 Å². The molecule has 0 heterocycles. The van der Waals surface area contributed by atoms with Gasteiger partial charge in [0.2, 0.25) is 0 Å². The van der Waals surface area contributed by atoms with Crippen LogP contribution in [0.4, 0.5) is 0 Å². The summed E-state index contributed by atoms with van der Waals surface area (Å²) in [6.45, 7) is 5.88. The van der Waals surface area contributed by atoms with Crippen molar-refractivity contribution in [1.29, 1.82) is 0 Å². The van der Waals surface area contributed by atoms with E-state index >= 15 is 0 Å². The van der Waals surface area contributed by atoms with Gasteiger partial charge in [-0.15, -0.1) is 0 Å². The molecule has 0 fully saturated rings. The fourth-order valence-corrected chi connectivity index (χ4v) is 1.40. The SMILES string of the molecule is CC(C)C(=O)OCCCOP(C)(O)=P. The second kappa shape index (κ2) is 6.58. The first-order chi connectivity index (χ1) is 6.33. The van der Waals surface area contributed by atoms with Gasteiger partial charge < -0.3 is 14.2 Å². The first-order valence-corrected chi connectivity index (χ1v) is 7.93. The highest BCUT2D eigenvalue weighted by Gasteiger charge is 2.07. The average molecular weight is 240 g/mol. The Bertz CT molecular complexity index is 221. The van der Waals surface area contributed by atoms with Gasteiger partial charge >= 0.3 is 5.97 Å². The molecule has 84 valence electrons. The van der Waals surface area contributed by atoms with E-state index in [0.29, 0.717) is 19.6 Å². The third kappa shape index (κ3) is 8.71. The molecule has 0 amide bonds. The Balaban J connectivity index is 3.40. The minimum absolute atomic E-state index is 0.0951. The molecule has 4 nitrogen and oxygen atoms in total. The maximum absolute atomic E-state index is 11.0. The molecule has 0 aliphatic rings. The van der Waals surface area contributed by atoms with E-state index in [1.54, 1.807) is 20.5 Å². The van der Waals surface area contributed by atoms with E-state index in [0.717, 1.165) is 0 Å². The minimum Gasteiger partial charge on any atom is -0.465 e. The zero-order valence-corrected chi connectivity index (χ0v) is 10.7. The van der Waals surface area contributed by atoms with Crippen molar-refractivity contribution in [1.82, 2.24) is 0 Å². The molecule has 1 unspecified atom stereocenters. The predicted molar refractivity (Wildman–Crippen MR) is 59.7 cm³/mol. The largest absolute Gasteiger partial charge is 0.465 e. The third-order valence-corrected chi connectivity index (χ3v) is 2.42. The van der Waals surface area contributed by atoms with E-state index in [2.05, 4.69) is 8.53 Å². The van der Waals surface area contributed by atoms with Gasteiger partial charge in [0.1, 0.15) is 7.00 Å². The first-order valence-electron chi connectivity index (χ1n) is 4.48. The van der Waals surface area contributed by atoms with Gasteiger partial charge in [-0.2, -0.15) is 0 Å². The lowest BCUT2D eigenvalue weighted by Gasteiger charge is -2.11. The van der Waals surface area contributed by atoms with Gasteiger partial charge in [0.05, 0.1) is 19.1 Å². The van der Waals surface area contributed by atoms with Gasteiger partial charge in [0, 0.05) is 13.1 Å². The fraction of sp³-hybridized carbons (Fsp3) is 0.875. The van der Waals surface area contributed by atoms with Crippen LogP contribution in [-0.2, 0) is 14.1 Å². The van der Waals surface area contributed by atoms with Crippen LogP contribution in [0.1, 0.15) is 20.3 Å². The van der Waals surface area contributed by atoms with Crippen molar-refractivity contribution in [2.45, 2.75) is 20.3 Å². The number of carbonyl (C=O) groups excluding carboxylic acids is 1. The molecule has 0 saturated carbocycles. The van der Waals surface area contributed by atoms with E-state index in [1.165, 1.54) is 0 Å². The summed E-state index contributed by atoms with van der Waals surface area (Å²) in [5.41, 5.74) is 0.